The SMILES string of the molecule is CC1CC(CN)CN1C(=O)c1ccc(F)cc1F. The van der Waals surface area contributed by atoms with Crippen LogP contribution in [0.4, 0.5) is 8.78 Å². The fraction of sp³-hybridized carbons (Fsp3) is 0.462. The molecule has 5 heteroatoms. The van der Waals surface area contributed by atoms with Crippen LogP contribution in [0.5, 0.6) is 0 Å². The van der Waals surface area contributed by atoms with E-state index in [4.69, 9.17) is 5.73 Å². The van der Waals surface area contributed by atoms with Gasteiger partial charge in [-0.1, -0.05) is 0 Å². The third-order valence-electron chi connectivity index (χ3n) is 3.42. The van der Waals surface area contributed by atoms with Crippen molar-refractivity contribution < 1.29 is 13.6 Å². The van der Waals surface area contributed by atoms with Gasteiger partial charge in [-0.15, -0.1) is 0 Å². The van der Waals surface area contributed by atoms with Crippen molar-refractivity contribution in [2.45, 2.75) is 19.4 Å². The van der Waals surface area contributed by atoms with Crippen molar-refractivity contribution in [1.29, 1.82) is 0 Å². The van der Waals surface area contributed by atoms with Crippen LogP contribution >= 0.6 is 0 Å². The Morgan fingerprint density at radius 3 is 2.78 bits per heavy atom. The molecule has 1 heterocycles. The molecule has 2 unspecified atom stereocenters. The Labute approximate surface area is 105 Å². The average molecular weight is 254 g/mol. The highest BCUT2D eigenvalue weighted by Crippen LogP contribution is 2.25. The van der Waals surface area contributed by atoms with Crippen molar-refractivity contribution in [3.05, 3.63) is 35.4 Å². The molecule has 1 aliphatic heterocycles. The molecule has 2 atom stereocenters. The van der Waals surface area contributed by atoms with Crippen LogP contribution in [0.3, 0.4) is 0 Å². The molecule has 1 aromatic carbocycles. The number of hydrogen-bond donors (Lipinski definition) is 1. The molecule has 0 radical (unpaired) electrons. The van der Waals surface area contributed by atoms with E-state index in [0.717, 1.165) is 18.6 Å². The van der Waals surface area contributed by atoms with Crippen molar-refractivity contribution in [2.24, 2.45) is 11.7 Å². The van der Waals surface area contributed by atoms with Gasteiger partial charge in [-0.25, -0.2) is 8.78 Å². The van der Waals surface area contributed by atoms with E-state index >= 15 is 0 Å². The van der Waals surface area contributed by atoms with Gasteiger partial charge in [-0.05, 0) is 37.9 Å². The Balaban J connectivity index is 2.21. The van der Waals surface area contributed by atoms with Gasteiger partial charge in [-0.2, -0.15) is 0 Å². The largest absolute Gasteiger partial charge is 0.336 e. The molecule has 2 rings (SSSR count). The second-order valence-electron chi connectivity index (χ2n) is 4.77. The van der Waals surface area contributed by atoms with E-state index in [1.54, 1.807) is 4.90 Å². The van der Waals surface area contributed by atoms with E-state index in [1.165, 1.54) is 6.07 Å². The standard InChI is InChI=1S/C13H16F2N2O/c1-8-4-9(6-16)7-17(8)13(18)11-3-2-10(14)5-12(11)15/h2-3,5,8-9H,4,6-7,16H2,1H3. The molecule has 0 spiro atoms. The van der Waals surface area contributed by atoms with Gasteiger partial charge in [0.1, 0.15) is 11.6 Å². The summed E-state index contributed by atoms with van der Waals surface area (Å²) in [4.78, 5) is 13.8. The molecule has 98 valence electrons. The maximum absolute atomic E-state index is 13.5. The summed E-state index contributed by atoms with van der Waals surface area (Å²) >= 11 is 0. The molecular formula is C13H16F2N2O. The molecule has 1 aliphatic rings. The molecule has 1 aromatic rings. The van der Waals surface area contributed by atoms with Crippen molar-refractivity contribution in [1.82, 2.24) is 4.90 Å². The van der Waals surface area contributed by atoms with Crippen LogP contribution in [0.15, 0.2) is 18.2 Å². The number of nitrogens with two attached hydrogens (primary N) is 1. The summed E-state index contributed by atoms with van der Waals surface area (Å²) in [5.41, 5.74) is 5.50. The number of nitrogens with zero attached hydrogens (tertiary/aromatic N) is 1. The molecule has 1 fully saturated rings. The first-order chi connectivity index (χ1) is 8.52. The average Bonchev–Trinajstić information content (AvgIpc) is 2.70. The van der Waals surface area contributed by atoms with Crippen LogP contribution in [0, 0.1) is 17.6 Å². The number of likely N-dealkylation sites (tertiary alicyclic amines) is 1. The predicted molar refractivity (Wildman–Crippen MR) is 64.0 cm³/mol. The summed E-state index contributed by atoms with van der Waals surface area (Å²) in [5, 5.41) is 0. The number of hydrogen-bond acceptors (Lipinski definition) is 2. The summed E-state index contributed by atoms with van der Waals surface area (Å²) in [6.07, 6.45) is 0.824. The summed E-state index contributed by atoms with van der Waals surface area (Å²) in [7, 11) is 0. The van der Waals surface area contributed by atoms with E-state index < -0.39 is 17.5 Å². The molecular weight excluding hydrogens is 238 g/mol. The maximum atomic E-state index is 13.5. The number of amides is 1. The van der Waals surface area contributed by atoms with Gasteiger partial charge in [0.15, 0.2) is 0 Å². The van der Waals surface area contributed by atoms with E-state index in [9.17, 15) is 13.6 Å². The lowest BCUT2D eigenvalue weighted by atomic mass is 10.1. The smallest absolute Gasteiger partial charge is 0.257 e. The molecule has 0 bridgehead atoms. The molecule has 0 aliphatic carbocycles. The van der Waals surface area contributed by atoms with Crippen LogP contribution in [0.2, 0.25) is 0 Å². The minimum Gasteiger partial charge on any atom is -0.336 e. The third-order valence-corrected chi connectivity index (χ3v) is 3.42. The number of carbonyl (C=O) groups excluding carboxylic acids is 1. The van der Waals surface area contributed by atoms with Crippen molar-refractivity contribution in [3.8, 4) is 0 Å². The van der Waals surface area contributed by atoms with Crippen molar-refractivity contribution >= 4 is 5.91 Å². The molecule has 1 saturated heterocycles. The molecule has 1 amide bonds. The first-order valence-corrected chi connectivity index (χ1v) is 5.99. The fourth-order valence-corrected chi connectivity index (χ4v) is 2.41. The normalized spacial score (nSPS) is 23.4. The van der Waals surface area contributed by atoms with Gasteiger partial charge in [0.05, 0.1) is 5.56 Å². The number of halogens is 2. The summed E-state index contributed by atoms with van der Waals surface area (Å²) < 4.78 is 26.3. The van der Waals surface area contributed by atoms with Crippen LogP contribution in [0.1, 0.15) is 23.7 Å². The molecule has 18 heavy (non-hydrogen) atoms. The van der Waals surface area contributed by atoms with Gasteiger partial charge in [0, 0.05) is 18.7 Å². The lowest BCUT2D eigenvalue weighted by Crippen LogP contribution is -2.35. The van der Waals surface area contributed by atoms with E-state index in [0.29, 0.717) is 13.1 Å². The molecule has 3 nitrogen and oxygen atoms in total. The molecule has 0 saturated carbocycles. The predicted octanol–water partition coefficient (Wildman–Crippen LogP) is 1.77. The number of carbonyl (C=O) groups is 1. The van der Waals surface area contributed by atoms with Crippen LogP contribution in [-0.4, -0.2) is 29.9 Å². The Hall–Kier alpha value is -1.49. The zero-order chi connectivity index (χ0) is 13.3. The molecule has 2 N–H and O–H groups in total. The topological polar surface area (TPSA) is 46.3 Å². The van der Waals surface area contributed by atoms with Gasteiger partial charge in [0.2, 0.25) is 0 Å². The second-order valence-corrected chi connectivity index (χ2v) is 4.77. The highest BCUT2D eigenvalue weighted by molar-refractivity contribution is 5.94. The first-order valence-electron chi connectivity index (χ1n) is 5.99. The zero-order valence-corrected chi connectivity index (χ0v) is 10.2. The van der Waals surface area contributed by atoms with E-state index in [-0.39, 0.29) is 17.5 Å². The van der Waals surface area contributed by atoms with E-state index in [2.05, 4.69) is 0 Å². The monoisotopic (exact) mass is 254 g/mol. The van der Waals surface area contributed by atoms with Gasteiger partial charge in [0.25, 0.3) is 5.91 Å². The van der Waals surface area contributed by atoms with Crippen LogP contribution in [-0.2, 0) is 0 Å². The summed E-state index contributed by atoms with van der Waals surface area (Å²) in [6.45, 7) is 2.96. The van der Waals surface area contributed by atoms with Crippen molar-refractivity contribution in [2.75, 3.05) is 13.1 Å². The van der Waals surface area contributed by atoms with E-state index in [1.807, 2.05) is 6.92 Å². The quantitative estimate of drug-likeness (QED) is 0.874. The van der Waals surface area contributed by atoms with Crippen LogP contribution < -0.4 is 5.73 Å². The highest BCUT2D eigenvalue weighted by atomic mass is 19.1. The summed E-state index contributed by atoms with van der Waals surface area (Å²) in [5.74, 6) is -1.63. The Bertz CT molecular complexity index is 464. The Morgan fingerprint density at radius 1 is 1.50 bits per heavy atom. The van der Waals surface area contributed by atoms with Gasteiger partial charge < -0.3 is 10.6 Å². The Morgan fingerprint density at radius 2 is 2.22 bits per heavy atom. The van der Waals surface area contributed by atoms with Gasteiger partial charge >= 0.3 is 0 Å². The zero-order valence-electron chi connectivity index (χ0n) is 10.2. The Kier molecular flexibility index (Phi) is 3.61. The van der Waals surface area contributed by atoms with Crippen molar-refractivity contribution in [3.63, 3.8) is 0 Å². The summed E-state index contributed by atoms with van der Waals surface area (Å²) in [6, 6.07) is 3.05. The van der Waals surface area contributed by atoms with Crippen LogP contribution in [0.25, 0.3) is 0 Å². The minimum atomic E-state index is -0.816. The fourth-order valence-electron chi connectivity index (χ4n) is 2.41. The molecule has 0 aromatic heterocycles. The third kappa shape index (κ3) is 2.36. The number of benzene rings is 1. The maximum Gasteiger partial charge on any atom is 0.257 e. The number of rotatable bonds is 2. The lowest BCUT2D eigenvalue weighted by molar-refractivity contribution is 0.0738. The highest BCUT2D eigenvalue weighted by Gasteiger charge is 2.33. The first kappa shape index (κ1) is 13.0. The lowest BCUT2D eigenvalue weighted by Gasteiger charge is -2.21. The van der Waals surface area contributed by atoms with Gasteiger partial charge in [-0.3, -0.25) is 4.79 Å². The minimum absolute atomic E-state index is 0.0375. The second kappa shape index (κ2) is 5.02.